The first kappa shape index (κ1) is 12.2. The van der Waals surface area contributed by atoms with Crippen molar-refractivity contribution in [2.24, 2.45) is 0 Å². The zero-order valence-corrected chi connectivity index (χ0v) is 11.3. The maximum atomic E-state index is 3.61. The number of piperazine rings is 1. The molecule has 1 unspecified atom stereocenters. The van der Waals surface area contributed by atoms with Gasteiger partial charge in [0, 0.05) is 31.4 Å². The molecule has 0 radical (unpaired) electrons. The Morgan fingerprint density at radius 2 is 1.74 bits per heavy atom. The molecule has 19 heavy (non-hydrogen) atoms. The van der Waals surface area contributed by atoms with Crippen molar-refractivity contribution >= 4 is 5.69 Å². The molecule has 2 nitrogen and oxygen atoms in total. The van der Waals surface area contributed by atoms with Crippen molar-refractivity contribution in [1.29, 1.82) is 0 Å². The van der Waals surface area contributed by atoms with E-state index in [0.717, 1.165) is 19.6 Å². The number of nitrogens with zero attached hydrogens (tertiary/aromatic N) is 1. The maximum absolute atomic E-state index is 3.61. The van der Waals surface area contributed by atoms with Crippen LogP contribution >= 0.6 is 0 Å². The lowest BCUT2D eigenvalue weighted by Crippen LogP contribution is -2.45. The lowest BCUT2D eigenvalue weighted by atomic mass is 10.0. The molecule has 2 aromatic carbocycles. The summed E-state index contributed by atoms with van der Waals surface area (Å²) < 4.78 is 0. The first-order chi connectivity index (χ1) is 9.33. The fourth-order valence-electron chi connectivity index (χ4n) is 2.65. The summed E-state index contributed by atoms with van der Waals surface area (Å²) in [6.45, 7) is 5.28. The zero-order valence-electron chi connectivity index (χ0n) is 11.3. The molecule has 1 fully saturated rings. The van der Waals surface area contributed by atoms with E-state index in [1.807, 2.05) is 0 Å². The number of para-hydroxylation sites is 1. The number of benzene rings is 2. The highest BCUT2D eigenvalue weighted by Crippen LogP contribution is 2.22. The van der Waals surface area contributed by atoms with Crippen molar-refractivity contribution < 1.29 is 0 Å². The Morgan fingerprint density at radius 1 is 1.00 bits per heavy atom. The van der Waals surface area contributed by atoms with Gasteiger partial charge in [0.05, 0.1) is 0 Å². The lowest BCUT2D eigenvalue weighted by molar-refractivity contribution is 0.472. The topological polar surface area (TPSA) is 15.3 Å². The minimum absolute atomic E-state index is 0.426. The molecule has 0 saturated carbocycles. The van der Waals surface area contributed by atoms with Crippen LogP contribution in [0.5, 0.6) is 0 Å². The van der Waals surface area contributed by atoms with Gasteiger partial charge in [-0.15, -0.1) is 0 Å². The number of anilines is 1. The quantitative estimate of drug-likeness (QED) is 0.883. The Kier molecular flexibility index (Phi) is 3.51. The Labute approximate surface area is 115 Å². The van der Waals surface area contributed by atoms with Gasteiger partial charge in [-0.25, -0.2) is 0 Å². The average Bonchev–Trinajstić information content (AvgIpc) is 2.49. The summed E-state index contributed by atoms with van der Waals surface area (Å²) in [6, 6.07) is 20.0. The van der Waals surface area contributed by atoms with E-state index in [1.54, 1.807) is 0 Å². The van der Waals surface area contributed by atoms with Crippen LogP contribution in [0.25, 0.3) is 0 Å². The van der Waals surface area contributed by atoms with E-state index in [1.165, 1.54) is 16.8 Å². The summed E-state index contributed by atoms with van der Waals surface area (Å²) >= 11 is 0. The number of nitrogens with one attached hydrogen (secondary N) is 1. The SMILES string of the molecule is Cc1ccc(C2CN(c3ccccc3)CCN2)cc1. The fraction of sp³-hybridized carbons (Fsp3) is 0.294. The summed E-state index contributed by atoms with van der Waals surface area (Å²) in [5.41, 5.74) is 4.02. The normalized spacial score (nSPS) is 19.4. The molecule has 0 spiro atoms. The van der Waals surface area contributed by atoms with E-state index in [9.17, 15) is 0 Å². The molecule has 0 aliphatic carbocycles. The lowest BCUT2D eigenvalue weighted by Gasteiger charge is -2.35. The molecule has 3 rings (SSSR count). The van der Waals surface area contributed by atoms with Crippen molar-refractivity contribution in [3.63, 3.8) is 0 Å². The minimum Gasteiger partial charge on any atom is -0.368 e. The van der Waals surface area contributed by atoms with E-state index >= 15 is 0 Å². The minimum atomic E-state index is 0.426. The molecule has 0 bridgehead atoms. The Bertz CT molecular complexity index is 519. The highest BCUT2D eigenvalue weighted by Gasteiger charge is 2.20. The Hall–Kier alpha value is -1.80. The molecule has 1 atom stereocenters. The molecule has 2 heteroatoms. The first-order valence-electron chi connectivity index (χ1n) is 6.93. The molecular formula is C17H20N2. The van der Waals surface area contributed by atoms with Crippen molar-refractivity contribution in [3.05, 3.63) is 65.7 Å². The monoisotopic (exact) mass is 252 g/mol. The second kappa shape index (κ2) is 5.45. The largest absolute Gasteiger partial charge is 0.368 e. The Morgan fingerprint density at radius 3 is 2.47 bits per heavy atom. The van der Waals surface area contributed by atoms with Gasteiger partial charge in [-0.05, 0) is 24.6 Å². The third kappa shape index (κ3) is 2.79. The molecule has 0 amide bonds. The summed E-state index contributed by atoms with van der Waals surface area (Å²) in [6.07, 6.45) is 0. The van der Waals surface area contributed by atoms with Gasteiger partial charge in [-0.2, -0.15) is 0 Å². The van der Waals surface area contributed by atoms with Gasteiger partial charge >= 0.3 is 0 Å². The Balaban J connectivity index is 1.76. The fourth-order valence-corrected chi connectivity index (χ4v) is 2.65. The molecule has 98 valence electrons. The van der Waals surface area contributed by atoms with E-state index in [-0.39, 0.29) is 0 Å². The van der Waals surface area contributed by atoms with Gasteiger partial charge in [0.1, 0.15) is 0 Å². The van der Waals surface area contributed by atoms with Gasteiger partial charge in [0.25, 0.3) is 0 Å². The zero-order chi connectivity index (χ0) is 13.1. The van der Waals surface area contributed by atoms with E-state index in [2.05, 4.69) is 71.7 Å². The molecule has 1 aliphatic rings. The van der Waals surface area contributed by atoms with Crippen LogP contribution in [0.2, 0.25) is 0 Å². The predicted molar refractivity (Wildman–Crippen MR) is 80.6 cm³/mol. The van der Waals surface area contributed by atoms with Crippen LogP contribution in [0.4, 0.5) is 5.69 Å². The second-order valence-electron chi connectivity index (χ2n) is 5.20. The summed E-state index contributed by atoms with van der Waals surface area (Å²) in [5, 5.41) is 3.61. The van der Waals surface area contributed by atoms with Crippen LogP contribution in [0.1, 0.15) is 17.2 Å². The van der Waals surface area contributed by atoms with Crippen LogP contribution in [-0.4, -0.2) is 19.6 Å². The molecule has 1 saturated heterocycles. The smallest absolute Gasteiger partial charge is 0.0498 e. The molecule has 0 aromatic heterocycles. The van der Waals surface area contributed by atoms with Crippen LogP contribution < -0.4 is 10.2 Å². The van der Waals surface area contributed by atoms with Crippen LogP contribution in [0.3, 0.4) is 0 Å². The van der Waals surface area contributed by atoms with Gasteiger partial charge in [-0.3, -0.25) is 0 Å². The maximum Gasteiger partial charge on any atom is 0.0498 e. The van der Waals surface area contributed by atoms with Crippen molar-refractivity contribution in [3.8, 4) is 0 Å². The van der Waals surface area contributed by atoms with Gasteiger partial charge in [0.2, 0.25) is 0 Å². The average molecular weight is 252 g/mol. The van der Waals surface area contributed by atoms with Crippen LogP contribution in [-0.2, 0) is 0 Å². The molecule has 1 heterocycles. The van der Waals surface area contributed by atoms with Gasteiger partial charge < -0.3 is 10.2 Å². The third-order valence-corrected chi connectivity index (χ3v) is 3.78. The molecule has 1 N–H and O–H groups in total. The highest BCUT2D eigenvalue weighted by molar-refractivity contribution is 5.47. The van der Waals surface area contributed by atoms with Gasteiger partial charge in [-0.1, -0.05) is 48.0 Å². The number of aryl methyl sites for hydroxylation is 1. The van der Waals surface area contributed by atoms with Gasteiger partial charge in [0.15, 0.2) is 0 Å². The van der Waals surface area contributed by atoms with Crippen molar-refractivity contribution in [2.75, 3.05) is 24.5 Å². The van der Waals surface area contributed by atoms with Crippen molar-refractivity contribution in [1.82, 2.24) is 5.32 Å². The molecule has 1 aliphatic heterocycles. The van der Waals surface area contributed by atoms with Crippen LogP contribution in [0.15, 0.2) is 54.6 Å². The molecular weight excluding hydrogens is 232 g/mol. The third-order valence-electron chi connectivity index (χ3n) is 3.78. The second-order valence-corrected chi connectivity index (χ2v) is 5.20. The van der Waals surface area contributed by atoms with E-state index in [4.69, 9.17) is 0 Å². The van der Waals surface area contributed by atoms with Crippen LogP contribution in [0, 0.1) is 6.92 Å². The number of rotatable bonds is 2. The summed E-state index contributed by atoms with van der Waals surface area (Å²) in [7, 11) is 0. The summed E-state index contributed by atoms with van der Waals surface area (Å²) in [5.74, 6) is 0. The van der Waals surface area contributed by atoms with E-state index < -0.39 is 0 Å². The standard InChI is InChI=1S/C17H20N2/c1-14-7-9-15(10-8-14)17-13-19(12-11-18-17)16-5-3-2-4-6-16/h2-10,17-18H,11-13H2,1H3. The van der Waals surface area contributed by atoms with E-state index in [0.29, 0.717) is 6.04 Å². The summed E-state index contributed by atoms with van der Waals surface area (Å²) in [4.78, 5) is 2.46. The first-order valence-corrected chi connectivity index (χ1v) is 6.93. The number of hydrogen-bond acceptors (Lipinski definition) is 2. The number of hydrogen-bond donors (Lipinski definition) is 1. The molecule has 2 aromatic rings. The predicted octanol–water partition coefficient (Wildman–Crippen LogP) is 3.15. The van der Waals surface area contributed by atoms with Crippen molar-refractivity contribution in [2.45, 2.75) is 13.0 Å². The highest BCUT2D eigenvalue weighted by atomic mass is 15.2.